The summed E-state index contributed by atoms with van der Waals surface area (Å²) in [5.74, 6) is 3.35. The predicted octanol–water partition coefficient (Wildman–Crippen LogP) is 1.70. The fourth-order valence-corrected chi connectivity index (χ4v) is 7.49. The Labute approximate surface area is 150 Å². The second-order valence-corrected chi connectivity index (χ2v) is 9.84. The van der Waals surface area contributed by atoms with Crippen LogP contribution >= 0.6 is 0 Å². The molecule has 0 bridgehead atoms. The number of terminal acetylenes is 1. The number of hydrogen-bond donors (Lipinski definition) is 4. The Balaban J connectivity index is 1.72. The van der Waals surface area contributed by atoms with E-state index in [0.717, 1.165) is 32.1 Å². The first-order valence-corrected chi connectivity index (χ1v) is 9.91. The van der Waals surface area contributed by atoms with Crippen molar-refractivity contribution in [3.8, 4) is 12.3 Å². The molecule has 0 saturated heterocycles. The number of hydrogen-bond acceptors (Lipinski definition) is 4. The fraction of sp³-hybridized carbons (Fsp3) is 0.905. The van der Waals surface area contributed by atoms with Gasteiger partial charge in [0.1, 0.15) is 0 Å². The van der Waals surface area contributed by atoms with Crippen LogP contribution in [-0.2, 0) is 0 Å². The maximum Gasteiger partial charge on any atom is 0.156 e. The van der Waals surface area contributed by atoms with E-state index < -0.39 is 23.2 Å². The van der Waals surface area contributed by atoms with Crippen molar-refractivity contribution in [3.05, 3.63) is 0 Å². The number of aliphatic hydroxyl groups excluding tert-OH is 3. The molecular weight excluding hydrogens is 316 g/mol. The van der Waals surface area contributed by atoms with E-state index in [1.54, 1.807) is 0 Å². The van der Waals surface area contributed by atoms with Gasteiger partial charge in [0.2, 0.25) is 0 Å². The maximum atomic E-state index is 11.0. The van der Waals surface area contributed by atoms with Crippen LogP contribution in [0, 0.1) is 46.8 Å². The van der Waals surface area contributed by atoms with E-state index in [1.165, 1.54) is 0 Å². The van der Waals surface area contributed by atoms with Gasteiger partial charge in [0.15, 0.2) is 5.60 Å². The van der Waals surface area contributed by atoms with Crippen molar-refractivity contribution >= 4 is 0 Å². The second kappa shape index (κ2) is 5.45. The van der Waals surface area contributed by atoms with Gasteiger partial charge in [-0.2, -0.15) is 0 Å². The first-order valence-electron chi connectivity index (χ1n) is 9.91. The standard InChI is InChI=1S/C21H32O4/c1-4-21(25)17(24)11-15-18-14(6-8-20(15,21)3)19(2)7-5-13(22)9-12(19)10-16(18)23/h1,12-18,22-25H,5-11H2,2-3H3/t12-,13-,14?,15?,16-,17-,18?,19-,20-,21-/m0/s1. The topological polar surface area (TPSA) is 80.9 Å². The third-order valence-corrected chi connectivity index (χ3v) is 9.10. The van der Waals surface area contributed by atoms with Crippen LogP contribution in [0.4, 0.5) is 0 Å². The Morgan fingerprint density at radius 2 is 1.68 bits per heavy atom. The van der Waals surface area contributed by atoms with E-state index in [-0.39, 0.29) is 23.4 Å². The average molecular weight is 348 g/mol. The second-order valence-electron chi connectivity index (χ2n) is 9.84. The minimum absolute atomic E-state index is 0.0434. The maximum absolute atomic E-state index is 11.0. The Hall–Kier alpha value is -0.600. The van der Waals surface area contributed by atoms with Gasteiger partial charge < -0.3 is 20.4 Å². The van der Waals surface area contributed by atoms with E-state index in [0.29, 0.717) is 24.7 Å². The van der Waals surface area contributed by atoms with Crippen molar-refractivity contribution in [1.29, 1.82) is 0 Å². The summed E-state index contributed by atoms with van der Waals surface area (Å²) in [4.78, 5) is 0. The molecule has 25 heavy (non-hydrogen) atoms. The van der Waals surface area contributed by atoms with E-state index in [4.69, 9.17) is 6.42 Å². The molecule has 4 heteroatoms. The summed E-state index contributed by atoms with van der Waals surface area (Å²) in [5.41, 5.74) is -1.91. The van der Waals surface area contributed by atoms with Crippen LogP contribution < -0.4 is 0 Å². The zero-order valence-electron chi connectivity index (χ0n) is 15.4. The predicted molar refractivity (Wildman–Crippen MR) is 94.3 cm³/mol. The molecule has 0 amide bonds. The molecule has 0 heterocycles. The molecule has 4 fully saturated rings. The van der Waals surface area contributed by atoms with E-state index in [9.17, 15) is 20.4 Å². The van der Waals surface area contributed by atoms with Gasteiger partial charge in [-0.05, 0) is 74.0 Å². The molecule has 0 radical (unpaired) electrons. The lowest BCUT2D eigenvalue weighted by molar-refractivity contribution is -0.186. The Morgan fingerprint density at radius 3 is 2.36 bits per heavy atom. The van der Waals surface area contributed by atoms with Crippen LogP contribution in [0.5, 0.6) is 0 Å². The van der Waals surface area contributed by atoms with Gasteiger partial charge in [0.25, 0.3) is 0 Å². The Bertz CT molecular complexity index is 599. The van der Waals surface area contributed by atoms with Gasteiger partial charge >= 0.3 is 0 Å². The first-order chi connectivity index (χ1) is 11.7. The molecule has 4 N–H and O–H groups in total. The van der Waals surface area contributed by atoms with Gasteiger partial charge in [-0.15, -0.1) is 6.42 Å². The summed E-state index contributed by atoms with van der Waals surface area (Å²) in [6.07, 6.45) is 9.57. The largest absolute Gasteiger partial charge is 0.393 e. The minimum atomic E-state index is -1.50. The Kier molecular flexibility index (Phi) is 3.88. The third kappa shape index (κ3) is 2.10. The summed E-state index contributed by atoms with van der Waals surface area (Å²) < 4.78 is 0. The van der Waals surface area contributed by atoms with Crippen LogP contribution in [0.15, 0.2) is 0 Å². The highest BCUT2D eigenvalue weighted by Crippen LogP contribution is 2.68. The van der Waals surface area contributed by atoms with Crippen LogP contribution in [0.1, 0.15) is 58.8 Å². The monoisotopic (exact) mass is 348 g/mol. The summed E-state index contributed by atoms with van der Waals surface area (Å²) >= 11 is 0. The first kappa shape index (κ1) is 17.8. The van der Waals surface area contributed by atoms with E-state index >= 15 is 0 Å². The van der Waals surface area contributed by atoms with Gasteiger partial charge in [-0.25, -0.2) is 0 Å². The van der Waals surface area contributed by atoms with Gasteiger partial charge in [-0.3, -0.25) is 0 Å². The number of fused-ring (bicyclic) bond motifs is 5. The third-order valence-electron chi connectivity index (χ3n) is 9.10. The van der Waals surface area contributed by atoms with Crippen LogP contribution in [0.2, 0.25) is 0 Å². The highest BCUT2D eigenvalue weighted by molar-refractivity contribution is 5.27. The molecule has 0 aliphatic heterocycles. The van der Waals surface area contributed by atoms with Crippen molar-refractivity contribution in [2.45, 2.75) is 82.7 Å². The van der Waals surface area contributed by atoms with Crippen molar-refractivity contribution in [2.24, 2.45) is 34.5 Å². The summed E-state index contributed by atoms with van der Waals surface area (Å²) in [7, 11) is 0. The molecule has 3 unspecified atom stereocenters. The van der Waals surface area contributed by atoms with Crippen molar-refractivity contribution in [1.82, 2.24) is 0 Å². The quantitative estimate of drug-likeness (QED) is 0.502. The molecule has 0 aromatic carbocycles. The van der Waals surface area contributed by atoms with Gasteiger partial charge in [0.05, 0.1) is 18.3 Å². The lowest BCUT2D eigenvalue weighted by Gasteiger charge is -2.62. The molecule has 4 rings (SSSR count). The lowest BCUT2D eigenvalue weighted by atomic mass is 9.43. The zero-order chi connectivity index (χ0) is 18.2. The molecule has 4 aliphatic rings. The molecular formula is C21H32O4. The highest BCUT2D eigenvalue weighted by Gasteiger charge is 2.68. The normalized spacial score (nSPS) is 60.9. The highest BCUT2D eigenvalue weighted by atomic mass is 16.3. The van der Waals surface area contributed by atoms with Crippen molar-refractivity contribution in [2.75, 3.05) is 0 Å². The van der Waals surface area contributed by atoms with Gasteiger partial charge in [0, 0.05) is 5.41 Å². The summed E-state index contributed by atoms with van der Waals surface area (Å²) in [6.45, 7) is 4.35. The zero-order valence-corrected chi connectivity index (χ0v) is 15.4. The fourth-order valence-electron chi connectivity index (χ4n) is 7.49. The van der Waals surface area contributed by atoms with Crippen LogP contribution in [-0.4, -0.2) is 44.3 Å². The Morgan fingerprint density at radius 1 is 0.960 bits per heavy atom. The van der Waals surface area contributed by atoms with Gasteiger partial charge in [-0.1, -0.05) is 19.8 Å². The smallest absolute Gasteiger partial charge is 0.156 e. The molecule has 0 spiro atoms. The molecule has 4 nitrogen and oxygen atoms in total. The molecule has 0 aromatic heterocycles. The number of rotatable bonds is 0. The van der Waals surface area contributed by atoms with Crippen molar-refractivity contribution in [3.63, 3.8) is 0 Å². The molecule has 10 atom stereocenters. The molecule has 0 aromatic rings. The SMILES string of the molecule is C#C[C@]1(O)[C@@H](O)CC2C3C(CC[C@@]21C)[C@@]1(C)CC[C@H](O)C[C@H]1C[C@@H]3O. The average Bonchev–Trinajstić information content (AvgIpc) is 2.77. The van der Waals surface area contributed by atoms with Crippen LogP contribution in [0.25, 0.3) is 0 Å². The molecule has 140 valence electrons. The molecule has 4 saturated carbocycles. The molecule has 4 aliphatic carbocycles. The summed E-state index contributed by atoms with van der Waals surface area (Å²) in [6, 6.07) is 0. The summed E-state index contributed by atoms with van der Waals surface area (Å²) in [5, 5.41) is 42.7. The lowest BCUT2D eigenvalue weighted by Crippen LogP contribution is -2.60. The number of aliphatic hydroxyl groups is 4. The van der Waals surface area contributed by atoms with Crippen molar-refractivity contribution < 1.29 is 20.4 Å². The minimum Gasteiger partial charge on any atom is -0.393 e. The van der Waals surface area contributed by atoms with E-state index in [2.05, 4.69) is 12.8 Å². The van der Waals surface area contributed by atoms with E-state index in [1.807, 2.05) is 6.92 Å². The van der Waals surface area contributed by atoms with Crippen LogP contribution in [0.3, 0.4) is 0 Å².